The second-order valence-electron chi connectivity index (χ2n) is 3.81. The third-order valence-corrected chi connectivity index (χ3v) is 2.38. The van der Waals surface area contributed by atoms with Crippen LogP contribution in [0, 0.1) is 5.82 Å². The largest absolute Gasteiger partial charge is 0.409 e. The Morgan fingerprint density at radius 1 is 1.33 bits per heavy atom. The van der Waals surface area contributed by atoms with Crippen LogP contribution in [0.5, 0.6) is 0 Å². The number of oxime groups is 1. The van der Waals surface area contributed by atoms with Gasteiger partial charge in [0.15, 0.2) is 0 Å². The molecular formula is C12H16FN3O2. The molecule has 0 saturated carbocycles. The maximum Gasteiger partial charge on any atom is 0.251 e. The number of amides is 1. The molecule has 4 N–H and O–H groups in total. The number of rotatable bonds is 6. The summed E-state index contributed by atoms with van der Waals surface area (Å²) in [4.78, 5) is 11.6. The lowest BCUT2D eigenvalue weighted by atomic mass is 10.2. The molecule has 1 amide bonds. The first kappa shape index (κ1) is 14.0. The van der Waals surface area contributed by atoms with Gasteiger partial charge in [0.2, 0.25) is 0 Å². The van der Waals surface area contributed by atoms with Crippen molar-refractivity contribution in [3.05, 3.63) is 35.6 Å². The van der Waals surface area contributed by atoms with E-state index in [4.69, 9.17) is 10.9 Å². The van der Waals surface area contributed by atoms with Crippen molar-refractivity contribution in [3.63, 3.8) is 0 Å². The highest BCUT2D eigenvalue weighted by Gasteiger charge is 2.04. The average molecular weight is 253 g/mol. The number of carbonyl (C=O) groups is 1. The Balaban J connectivity index is 2.23. The molecule has 98 valence electrons. The average Bonchev–Trinajstić information content (AvgIpc) is 2.38. The molecular weight excluding hydrogens is 237 g/mol. The second-order valence-corrected chi connectivity index (χ2v) is 3.81. The zero-order chi connectivity index (χ0) is 13.4. The van der Waals surface area contributed by atoms with Crippen LogP contribution < -0.4 is 11.1 Å². The van der Waals surface area contributed by atoms with E-state index in [2.05, 4.69) is 10.5 Å². The summed E-state index contributed by atoms with van der Waals surface area (Å²) in [7, 11) is 0. The molecule has 1 rings (SSSR count). The molecule has 0 fully saturated rings. The molecule has 0 unspecified atom stereocenters. The summed E-state index contributed by atoms with van der Waals surface area (Å²) in [6, 6.07) is 5.35. The normalized spacial score (nSPS) is 11.3. The van der Waals surface area contributed by atoms with E-state index in [9.17, 15) is 9.18 Å². The van der Waals surface area contributed by atoms with Gasteiger partial charge in [-0.25, -0.2) is 4.39 Å². The van der Waals surface area contributed by atoms with Gasteiger partial charge in [0, 0.05) is 18.5 Å². The number of nitrogens with one attached hydrogen (secondary N) is 1. The summed E-state index contributed by atoms with van der Waals surface area (Å²) >= 11 is 0. The van der Waals surface area contributed by atoms with Gasteiger partial charge in [-0.05, 0) is 37.1 Å². The van der Waals surface area contributed by atoms with Gasteiger partial charge >= 0.3 is 0 Å². The van der Waals surface area contributed by atoms with Crippen LogP contribution in [0.15, 0.2) is 29.4 Å². The fourth-order valence-corrected chi connectivity index (χ4v) is 1.39. The maximum atomic E-state index is 12.6. The lowest BCUT2D eigenvalue weighted by Gasteiger charge is -2.04. The molecule has 0 saturated heterocycles. The Kier molecular flexibility index (Phi) is 5.63. The number of halogens is 1. The summed E-state index contributed by atoms with van der Waals surface area (Å²) in [5.41, 5.74) is 5.72. The van der Waals surface area contributed by atoms with Crippen molar-refractivity contribution in [2.75, 3.05) is 6.54 Å². The molecule has 0 bridgehead atoms. The predicted molar refractivity (Wildman–Crippen MR) is 66.0 cm³/mol. The van der Waals surface area contributed by atoms with Gasteiger partial charge in [0.1, 0.15) is 11.7 Å². The molecule has 0 heterocycles. The van der Waals surface area contributed by atoms with E-state index in [-0.39, 0.29) is 17.6 Å². The lowest BCUT2D eigenvalue weighted by Crippen LogP contribution is -2.24. The minimum absolute atomic E-state index is 0.180. The van der Waals surface area contributed by atoms with Crippen molar-refractivity contribution in [3.8, 4) is 0 Å². The minimum atomic E-state index is -0.370. The first-order valence-corrected chi connectivity index (χ1v) is 5.63. The Hall–Kier alpha value is -2.11. The number of benzene rings is 1. The smallest absolute Gasteiger partial charge is 0.251 e. The standard InChI is InChI=1S/C12H16FN3O2/c13-10-6-4-9(5-7-10)12(17)15-8-2-1-3-11(14)16-18/h4-7,18H,1-3,8H2,(H2,14,16)(H,15,17). The lowest BCUT2D eigenvalue weighted by molar-refractivity contribution is 0.0953. The van der Waals surface area contributed by atoms with Crippen molar-refractivity contribution in [1.82, 2.24) is 5.32 Å². The molecule has 0 radical (unpaired) electrons. The molecule has 0 aliphatic rings. The highest BCUT2D eigenvalue weighted by molar-refractivity contribution is 5.94. The van der Waals surface area contributed by atoms with Gasteiger partial charge in [-0.15, -0.1) is 0 Å². The second kappa shape index (κ2) is 7.26. The third kappa shape index (κ3) is 4.82. The van der Waals surface area contributed by atoms with E-state index < -0.39 is 0 Å². The molecule has 0 aromatic heterocycles. The van der Waals surface area contributed by atoms with Gasteiger partial charge in [0.25, 0.3) is 5.91 Å². The number of unbranched alkanes of at least 4 members (excludes halogenated alkanes) is 1. The number of carbonyl (C=O) groups excluding carboxylic acids is 1. The fourth-order valence-electron chi connectivity index (χ4n) is 1.39. The monoisotopic (exact) mass is 253 g/mol. The fraction of sp³-hybridized carbons (Fsp3) is 0.333. The third-order valence-electron chi connectivity index (χ3n) is 2.38. The first-order chi connectivity index (χ1) is 8.63. The van der Waals surface area contributed by atoms with E-state index in [0.717, 1.165) is 12.8 Å². The molecule has 1 aromatic carbocycles. The number of amidine groups is 1. The molecule has 18 heavy (non-hydrogen) atoms. The minimum Gasteiger partial charge on any atom is -0.409 e. The number of hydrogen-bond donors (Lipinski definition) is 3. The van der Waals surface area contributed by atoms with E-state index in [0.29, 0.717) is 18.5 Å². The van der Waals surface area contributed by atoms with Crippen molar-refractivity contribution in [2.45, 2.75) is 19.3 Å². The van der Waals surface area contributed by atoms with Crippen molar-refractivity contribution >= 4 is 11.7 Å². The van der Waals surface area contributed by atoms with Crippen LogP contribution in [0.3, 0.4) is 0 Å². The zero-order valence-electron chi connectivity index (χ0n) is 9.90. The van der Waals surface area contributed by atoms with E-state index in [1.165, 1.54) is 24.3 Å². The highest BCUT2D eigenvalue weighted by Crippen LogP contribution is 2.02. The van der Waals surface area contributed by atoms with Gasteiger partial charge in [-0.3, -0.25) is 4.79 Å². The predicted octanol–water partition coefficient (Wildman–Crippen LogP) is 1.47. The van der Waals surface area contributed by atoms with Gasteiger partial charge in [-0.1, -0.05) is 5.16 Å². The van der Waals surface area contributed by atoms with E-state index in [1.807, 2.05) is 0 Å². The number of nitrogens with two attached hydrogens (primary N) is 1. The van der Waals surface area contributed by atoms with Crippen LogP contribution in [0.1, 0.15) is 29.6 Å². The molecule has 0 spiro atoms. The quantitative estimate of drug-likeness (QED) is 0.236. The van der Waals surface area contributed by atoms with Gasteiger partial charge in [0.05, 0.1) is 0 Å². The Morgan fingerprint density at radius 2 is 2.00 bits per heavy atom. The molecule has 6 heteroatoms. The van der Waals surface area contributed by atoms with Crippen LogP contribution in [0.25, 0.3) is 0 Å². The first-order valence-electron chi connectivity index (χ1n) is 5.63. The topological polar surface area (TPSA) is 87.7 Å². The van der Waals surface area contributed by atoms with Crippen LogP contribution in [-0.4, -0.2) is 23.5 Å². The maximum absolute atomic E-state index is 12.6. The van der Waals surface area contributed by atoms with Crippen molar-refractivity contribution < 1.29 is 14.4 Å². The number of hydrogen-bond acceptors (Lipinski definition) is 3. The van der Waals surface area contributed by atoms with Gasteiger partial charge < -0.3 is 16.3 Å². The Morgan fingerprint density at radius 3 is 2.61 bits per heavy atom. The molecule has 0 atom stereocenters. The van der Waals surface area contributed by atoms with E-state index >= 15 is 0 Å². The van der Waals surface area contributed by atoms with Crippen LogP contribution in [0.2, 0.25) is 0 Å². The van der Waals surface area contributed by atoms with Crippen LogP contribution in [-0.2, 0) is 0 Å². The van der Waals surface area contributed by atoms with Crippen LogP contribution in [0.4, 0.5) is 4.39 Å². The summed E-state index contributed by atoms with van der Waals surface area (Å²) in [6.45, 7) is 0.495. The van der Waals surface area contributed by atoms with Crippen molar-refractivity contribution in [1.29, 1.82) is 0 Å². The summed E-state index contributed by atoms with van der Waals surface area (Å²) < 4.78 is 12.6. The summed E-state index contributed by atoms with van der Waals surface area (Å²) in [5.74, 6) is -0.427. The zero-order valence-corrected chi connectivity index (χ0v) is 9.90. The van der Waals surface area contributed by atoms with Crippen LogP contribution >= 0.6 is 0 Å². The SMILES string of the molecule is NC(CCCCNC(=O)c1ccc(F)cc1)=NO. The van der Waals surface area contributed by atoms with E-state index in [1.54, 1.807) is 0 Å². The molecule has 0 aliphatic heterocycles. The molecule has 1 aromatic rings. The summed E-state index contributed by atoms with van der Waals surface area (Å²) in [5, 5.41) is 13.9. The molecule has 0 aliphatic carbocycles. The summed E-state index contributed by atoms with van der Waals surface area (Å²) in [6.07, 6.45) is 1.94. The van der Waals surface area contributed by atoms with Crippen molar-refractivity contribution in [2.24, 2.45) is 10.9 Å². The van der Waals surface area contributed by atoms with Gasteiger partial charge in [-0.2, -0.15) is 0 Å². The molecule has 5 nitrogen and oxygen atoms in total. The Bertz CT molecular complexity index is 418. The number of nitrogens with zero attached hydrogens (tertiary/aromatic N) is 1. The highest BCUT2D eigenvalue weighted by atomic mass is 19.1. The Labute approximate surface area is 104 Å².